The number of hydrogen-bond donors (Lipinski definition) is 1. The van der Waals surface area contributed by atoms with E-state index in [0.29, 0.717) is 22.9 Å². The highest BCUT2D eigenvalue weighted by Gasteiger charge is 2.30. The summed E-state index contributed by atoms with van der Waals surface area (Å²) in [5.74, 6) is -2.31. The number of para-hydroxylation sites is 1. The van der Waals surface area contributed by atoms with Crippen molar-refractivity contribution < 1.29 is 42.1 Å². The topological polar surface area (TPSA) is 50.9 Å². The molecule has 0 spiro atoms. The molecule has 4 nitrogen and oxygen atoms in total. The maximum Gasteiger partial charge on any atom is 0.149 e. The van der Waals surface area contributed by atoms with Gasteiger partial charge in [-0.25, -0.2) is 4.98 Å². The van der Waals surface area contributed by atoms with Crippen LogP contribution in [0.5, 0.6) is 5.75 Å². The predicted molar refractivity (Wildman–Crippen MR) is 288 cm³/mol. The molecule has 2 aromatic heterocycles. The smallest absolute Gasteiger partial charge is 0.149 e. The normalized spacial score (nSPS) is 20.0. The van der Waals surface area contributed by atoms with Gasteiger partial charge in [0.25, 0.3) is 0 Å². The Morgan fingerprint density at radius 1 is 0.441 bits per heavy atom. The first-order valence-corrected chi connectivity index (χ1v) is 21.8. The highest BCUT2D eigenvalue weighted by atomic mass is 16.3. The molecule has 9 aromatic rings. The lowest BCUT2D eigenvalue weighted by Gasteiger charge is -2.28. The minimum atomic E-state index is -4.32. The molecule has 1 N–H and O–H groups in total. The summed E-state index contributed by atoms with van der Waals surface area (Å²) in [6.45, 7) is -31.1. The third-order valence-corrected chi connectivity index (χ3v) is 12.1. The number of hydrogen-bond acceptors (Lipinski definition) is 3. The van der Waals surface area contributed by atoms with Crippen LogP contribution in [0.3, 0.4) is 0 Å². The van der Waals surface area contributed by atoms with Gasteiger partial charge in [0, 0.05) is 65.5 Å². The van der Waals surface area contributed by atoms with E-state index in [1.54, 1.807) is 30.5 Å². The van der Waals surface area contributed by atoms with Gasteiger partial charge in [0.1, 0.15) is 11.6 Å². The van der Waals surface area contributed by atoms with Gasteiger partial charge >= 0.3 is 0 Å². The summed E-state index contributed by atoms with van der Waals surface area (Å²) in [6, 6.07) is 43.0. The fourth-order valence-corrected chi connectivity index (χ4v) is 8.49. The van der Waals surface area contributed by atoms with Crippen molar-refractivity contribution in [2.24, 2.45) is 0 Å². The van der Waals surface area contributed by atoms with Crippen LogP contribution >= 0.6 is 0 Å². The second-order valence-corrected chi connectivity index (χ2v) is 18.1. The number of phenols is 1. The molecule has 0 amide bonds. The van der Waals surface area contributed by atoms with E-state index in [1.165, 1.54) is 34.9 Å². The minimum absolute atomic E-state index is 0.0493. The van der Waals surface area contributed by atoms with Crippen LogP contribution in [0.1, 0.15) is 142 Å². The molecule has 0 unspecified atom stereocenters. The summed E-state index contributed by atoms with van der Waals surface area (Å²) < 4.78 is 238. The maximum atomic E-state index is 13.2. The van der Waals surface area contributed by atoms with Gasteiger partial charge in [0.15, 0.2) is 0 Å². The summed E-state index contributed by atoms with van der Waals surface area (Å²) in [5.41, 5.74) is -11.9. The van der Waals surface area contributed by atoms with E-state index in [-0.39, 0.29) is 39.5 Å². The van der Waals surface area contributed by atoms with Crippen LogP contribution in [0.25, 0.3) is 83.9 Å². The average molecular weight is 919 g/mol. The van der Waals surface area contributed by atoms with Crippen molar-refractivity contribution in [3.8, 4) is 78.6 Å². The Morgan fingerprint density at radius 2 is 1.03 bits per heavy atom. The monoisotopic (exact) mass is 919 g/mol. The molecular formula is C64H65N3O. The van der Waals surface area contributed by atoms with E-state index in [0.717, 1.165) is 46.0 Å². The predicted octanol–water partition coefficient (Wildman–Crippen LogP) is 17.3. The van der Waals surface area contributed by atoms with Crippen LogP contribution in [0.4, 0.5) is 0 Å². The van der Waals surface area contributed by atoms with Crippen molar-refractivity contribution in [3.05, 3.63) is 192 Å². The number of phenolic OH excluding ortho intramolecular Hbond substituents is 1. The summed E-state index contributed by atoms with van der Waals surface area (Å²) >= 11 is 0. The van der Waals surface area contributed by atoms with Gasteiger partial charge in [-0.15, -0.1) is 0 Å². The largest absolute Gasteiger partial charge is 0.507 e. The number of benzene rings is 7. The number of aromatic hydroxyl groups is 1. The van der Waals surface area contributed by atoms with Crippen LogP contribution in [0.15, 0.2) is 170 Å². The molecular weight excluding hydrogens is 827 g/mol. The molecule has 0 aliphatic rings. The Balaban J connectivity index is 1.50. The first-order chi connectivity index (χ1) is 43.4. The molecule has 0 atom stereocenters. The Bertz CT molecular complexity index is 4220. The third-order valence-electron chi connectivity index (χ3n) is 12.1. The Kier molecular flexibility index (Phi) is 6.03. The van der Waals surface area contributed by atoms with Crippen molar-refractivity contribution in [1.82, 2.24) is 14.5 Å². The van der Waals surface area contributed by atoms with Gasteiger partial charge in [0.2, 0.25) is 0 Å². The fraction of sp³-hybridized carbons (Fsp3) is 0.250. The number of rotatable bonds is 7. The number of aromatic nitrogens is 3. The van der Waals surface area contributed by atoms with Crippen LogP contribution in [0.2, 0.25) is 0 Å². The van der Waals surface area contributed by atoms with Gasteiger partial charge in [-0.2, -0.15) is 0 Å². The van der Waals surface area contributed by atoms with Crippen LogP contribution in [-0.2, 0) is 21.7 Å². The van der Waals surface area contributed by atoms with Crippen LogP contribution < -0.4 is 0 Å². The average Bonchev–Trinajstić information content (AvgIpc) is 1.45. The molecule has 0 aliphatic heterocycles. The number of nitrogens with zero attached hydrogens (tertiary/aromatic N) is 3. The molecule has 68 heavy (non-hydrogen) atoms. The molecule has 4 heteroatoms. The van der Waals surface area contributed by atoms with Gasteiger partial charge in [-0.3, -0.25) is 9.55 Å². The fourth-order valence-electron chi connectivity index (χ4n) is 8.49. The highest BCUT2D eigenvalue weighted by Crippen LogP contribution is 2.46. The second kappa shape index (κ2) is 17.2. The molecule has 0 bridgehead atoms. The highest BCUT2D eigenvalue weighted by molar-refractivity contribution is 5.98. The van der Waals surface area contributed by atoms with Crippen molar-refractivity contribution in [1.29, 1.82) is 0 Å². The summed E-state index contributed by atoms with van der Waals surface area (Å²) in [6.07, 6.45) is 1.65. The molecule has 0 saturated carbocycles. The van der Waals surface area contributed by atoms with Crippen molar-refractivity contribution in [2.45, 2.75) is 104 Å². The van der Waals surface area contributed by atoms with E-state index < -0.39 is 117 Å². The van der Waals surface area contributed by atoms with E-state index in [4.69, 9.17) is 47.0 Å². The lowest BCUT2D eigenvalue weighted by Crippen LogP contribution is -2.17. The van der Waals surface area contributed by atoms with E-state index in [2.05, 4.69) is 0 Å². The van der Waals surface area contributed by atoms with Gasteiger partial charge in [-0.1, -0.05) is 198 Å². The molecule has 7 aromatic carbocycles. The van der Waals surface area contributed by atoms with E-state index >= 15 is 0 Å². The van der Waals surface area contributed by atoms with Crippen LogP contribution in [-0.4, -0.2) is 19.6 Å². The van der Waals surface area contributed by atoms with Gasteiger partial charge < -0.3 is 5.11 Å². The number of pyridine rings is 1. The SMILES string of the molecule is [2H]C([2H])([2H])C(c1ccc(-n2c(-c3cc(C(C([2H])([2H])[2H])(C([2H])([2H])[2H])C([2H])([2H])[2H])cc(C(C([2H])([2H])[2H])(C([2H])([2H])[2H])C([2H])([2H])[2H])c3O)nc3c(-c4cc(-c5cc(-c6ccc(-c7ccccc7)cc6)ccn5)cc(C(C)(C)C)c4)cccc32)c(-c2ccccc2)c1)(C([2H])([2H])[2H])C([2H])([2H])[2H]. The van der Waals surface area contributed by atoms with Gasteiger partial charge in [0.05, 0.1) is 28.0 Å². The van der Waals surface area contributed by atoms with E-state index in [9.17, 15) is 5.11 Å². The van der Waals surface area contributed by atoms with Crippen molar-refractivity contribution in [3.63, 3.8) is 0 Å². The van der Waals surface area contributed by atoms with Gasteiger partial charge in [-0.05, 0) is 120 Å². The minimum Gasteiger partial charge on any atom is -0.507 e. The standard InChI is InChI=1S/C64H65N3O/c1-61(2,3)48-30-31-56(52(38-48)44-22-17-14-18-23-44)67-57-25-19-24-51(58(57)66-60(67)53-39-50(63(7,8)9)40-54(59(53)68)64(10,11)12)46-34-47(36-49(35-46)62(4,5)6)55-37-45(32-33-65-55)43-28-26-42(27-29-43)41-20-15-13-16-21-41/h13-40,68H,1-12H3/i1D3,2D3,3D3,7D3,8D3,9D3,10D3,11D3,12D3. The summed E-state index contributed by atoms with van der Waals surface area (Å²) in [5, 5.41) is 13.2. The number of fused-ring (bicyclic) bond motifs is 1. The van der Waals surface area contributed by atoms with Crippen molar-refractivity contribution in [2.75, 3.05) is 0 Å². The zero-order valence-corrected chi connectivity index (χ0v) is 37.5. The molecule has 2 heterocycles. The molecule has 0 fully saturated rings. The molecule has 0 saturated heterocycles. The first-order valence-electron chi connectivity index (χ1n) is 35.3. The molecule has 0 radical (unpaired) electrons. The lowest BCUT2D eigenvalue weighted by molar-refractivity contribution is 0.446. The van der Waals surface area contributed by atoms with Crippen LogP contribution in [0, 0.1) is 0 Å². The first kappa shape index (κ1) is 23.8. The molecule has 9 rings (SSSR count). The van der Waals surface area contributed by atoms with E-state index in [1.807, 2.05) is 99.6 Å². The quantitative estimate of drug-likeness (QED) is 0.173. The van der Waals surface area contributed by atoms with Crippen molar-refractivity contribution >= 4 is 11.0 Å². The second-order valence-electron chi connectivity index (χ2n) is 18.1. The Labute approximate surface area is 442 Å². The zero-order valence-electron chi connectivity index (χ0n) is 64.5. The third kappa shape index (κ3) is 9.05. The maximum absolute atomic E-state index is 13.2. The summed E-state index contributed by atoms with van der Waals surface area (Å²) in [7, 11) is 0. The Morgan fingerprint density at radius 3 is 1.69 bits per heavy atom. The lowest BCUT2D eigenvalue weighted by atomic mass is 9.79. The summed E-state index contributed by atoms with van der Waals surface area (Å²) in [4.78, 5) is 9.89. The molecule has 0 aliphatic carbocycles. The number of imidazole rings is 1. The molecule has 342 valence electrons. The Hall–Kier alpha value is -7.04. The zero-order chi connectivity index (χ0) is 70.8.